The van der Waals surface area contributed by atoms with E-state index in [9.17, 15) is 18.0 Å². The van der Waals surface area contributed by atoms with Gasteiger partial charge in [0, 0.05) is 23.5 Å². The van der Waals surface area contributed by atoms with E-state index in [1.54, 1.807) is 24.3 Å². The van der Waals surface area contributed by atoms with Crippen molar-refractivity contribution in [3.8, 4) is 0 Å². The van der Waals surface area contributed by atoms with Gasteiger partial charge < -0.3 is 10.4 Å². The first-order chi connectivity index (χ1) is 9.38. The van der Waals surface area contributed by atoms with E-state index in [1.807, 2.05) is 0 Å². The molecule has 1 aromatic heterocycles. The van der Waals surface area contributed by atoms with Crippen molar-refractivity contribution in [1.82, 2.24) is 4.98 Å². The molecule has 2 N–H and O–H groups in total. The largest absolute Gasteiger partial charge is 0.478 e. The number of aromatic nitrogens is 1. The van der Waals surface area contributed by atoms with Gasteiger partial charge in [-0.25, -0.2) is 9.78 Å². The molecule has 0 fully saturated rings. The van der Waals surface area contributed by atoms with Crippen LogP contribution in [0, 0.1) is 0 Å². The number of nitrogens with one attached hydrogen (secondary N) is 1. The van der Waals surface area contributed by atoms with Gasteiger partial charge in [0.1, 0.15) is 5.82 Å². The zero-order valence-electron chi connectivity index (χ0n) is 10.2. The number of halogens is 3. The van der Waals surface area contributed by atoms with Crippen molar-refractivity contribution in [3.05, 3.63) is 36.0 Å². The molecule has 0 atom stereocenters. The van der Waals surface area contributed by atoms with Gasteiger partial charge in [-0.05, 0) is 0 Å². The van der Waals surface area contributed by atoms with Crippen molar-refractivity contribution in [3.63, 3.8) is 0 Å². The third kappa shape index (κ3) is 3.17. The predicted molar refractivity (Wildman–Crippen MR) is 67.9 cm³/mol. The van der Waals surface area contributed by atoms with E-state index in [1.165, 1.54) is 0 Å². The summed E-state index contributed by atoms with van der Waals surface area (Å²) < 4.78 is 36.3. The molecule has 0 aliphatic rings. The Hall–Kier alpha value is -2.31. The molecule has 0 saturated carbocycles. The second-order valence-corrected chi connectivity index (χ2v) is 4.16. The zero-order valence-corrected chi connectivity index (χ0v) is 10.2. The molecule has 7 heteroatoms. The van der Waals surface area contributed by atoms with Crippen LogP contribution in [0.1, 0.15) is 16.8 Å². The third-order valence-corrected chi connectivity index (χ3v) is 2.73. The number of pyridine rings is 1. The molecule has 0 amide bonds. The number of benzene rings is 1. The van der Waals surface area contributed by atoms with Crippen LogP contribution in [0.5, 0.6) is 0 Å². The highest BCUT2D eigenvalue weighted by atomic mass is 19.4. The summed E-state index contributed by atoms with van der Waals surface area (Å²) in [4.78, 5) is 15.0. The number of nitrogens with zero attached hydrogens (tertiary/aromatic N) is 1. The minimum Gasteiger partial charge on any atom is -0.478 e. The lowest BCUT2D eigenvalue weighted by atomic mass is 10.1. The summed E-state index contributed by atoms with van der Waals surface area (Å²) in [6.45, 7) is -0.313. The second kappa shape index (κ2) is 5.36. The van der Waals surface area contributed by atoms with Crippen LogP contribution in [0.3, 0.4) is 0 Å². The Morgan fingerprint density at radius 1 is 1.25 bits per heavy atom. The number of hydrogen-bond acceptors (Lipinski definition) is 3. The van der Waals surface area contributed by atoms with E-state index in [2.05, 4.69) is 10.3 Å². The molecule has 0 radical (unpaired) electrons. The van der Waals surface area contributed by atoms with Crippen LogP contribution in [0.4, 0.5) is 19.0 Å². The molecule has 0 saturated heterocycles. The molecule has 0 aliphatic carbocycles. The standard InChI is InChI=1S/C13H11F3N2O2/c14-13(15,16)5-6-17-11-9-4-2-1-3-8(9)10(7-18-11)12(19)20/h1-4,7H,5-6H2,(H,17,18)(H,19,20). The van der Waals surface area contributed by atoms with Gasteiger partial charge in [-0.2, -0.15) is 13.2 Å². The molecular weight excluding hydrogens is 273 g/mol. The smallest absolute Gasteiger partial charge is 0.390 e. The minimum atomic E-state index is -4.25. The summed E-state index contributed by atoms with van der Waals surface area (Å²) in [5.41, 5.74) is 0.0157. The Morgan fingerprint density at radius 3 is 2.50 bits per heavy atom. The van der Waals surface area contributed by atoms with Gasteiger partial charge in [-0.1, -0.05) is 24.3 Å². The average Bonchev–Trinajstić information content (AvgIpc) is 2.37. The van der Waals surface area contributed by atoms with Gasteiger partial charge in [0.2, 0.25) is 0 Å². The van der Waals surface area contributed by atoms with E-state index < -0.39 is 18.6 Å². The van der Waals surface area contributed by atoms with Crippen LogP contribution in [0.25, 0.3) is 10.8 Å². The highest BCUT2D eigenvalue weighted by Gasteiger charge is 2.26. The highest BCUT2D eigenvalue weighted by molar-refractivity contribution is 6.06. The molecule has 1 heterocycles. The fraction of sp³-hybridized carbons (Fsp3) is 0.231. The maximum absolute atomic E-state index is 12.1. The Balaban J connectivity index is 2.31. The third-order valence-electron chi connectivity index (χ3n) is 2.73. The molecule has 20 heavy (non-hydrogen) atoms. The molecule has 0 unspecified atom stereocenters. The van der Waals surface area contributed by atoms with Gasteiger partial charge in [0.25, 0.3) is 0 Å². The maximum atomic E-state index is 12.1. The maximum Gasteiger partial charge on any atom is 0.390 e. The molecule has 2 aromatic rings. The number of aromatic carboxylic acids is 1. The number of carboxylic acid groups (broad SMARTS) is 1. The molecule has 2 rings (SSSR count). The lowest BCUT2D eigenvalue weighted by Crippen LogP contribution is -2.15. The van der Waals surface area contributed by atoms with Crippen molar-refractivity contribution in [2.75, 3.05) is 11.9 Å². The van der Waals surface area contributed by atoms with Crippen LogP contribution in [-0.2, 0) is 0 Å². The zero-order chi connectivity index (χ0) is 14.8. The minimum absolute atomic E-state index is 0.0157. The first-order valence-corrected chi connectivity index (χ1v) is 5.80. The van der Waals surface area contributed by atoms with E-state index in [0.717, 1.165) is 6.20 Å². The molecule has 0 bridgehead atoms. The number of rotatable bonds is 4. The monoisotopic (exact) mass is 284 g/mol. The van der Waals surface area contributed by atoms with Gasteiger partial charge in [0.15, 0.2) is 0 Å². The highest BCUT2D eigenvalue weighted by Crippen LogP contribution is 2.25. The fourth-order valence-electron chi connectivity index (χ4n) is 1.83. The van der Waals surface area contributed by atoms with Gasteiger partial charge in [0.05, 0.1) is 12.0 Å². The molecule has 0 spiro atoms. The molecular formula is C13H11F3N2O2. The van der Waals surface area contributed by atoms with Gasteiger partial charge in [-0.15, -0.1) is 0 Å². The van der Waals surface area contributed by atoms with Crippen LogP contribution >= 0.6 is 0 Å². The summed E-state index contributed by atoms with van der Waals surface area (Å²) in [5.74, 6) is -0.884. The van der Waals surface area contributed by atoms with Crippen molar-refractivity contribution in [1.29, 1.82) is 0 Å². The van der Waals surface area contributed by atoms with Crippen LogP contribution in [0.15, 0.2) is 30.5 Å². The fourth-order valence-corrected chi connectivity index (χ4v) is 1.83. The van der Waals surface area contributed by atoms with Crippen LogP contribution < -0.4 is 5.32 Å². The number of anilines is 1. The lowest BCUT2D eigenvalue weighted by Gasteiger charge is -2.11. The van der Waals surface area contributed by atoms with Gasteiger partial charge in [-0.3, -0.25) is 0 Å². The predicted octanol–water partition coefficient (Wildman–Crippen LogP) is 3.30. The number of carbonyl (C=O) groups is 1. The first-order valence-electron chi connectivity index (χ1n) is 5.80. The molecule has 1 aromatic carbocycles. The van der Waals surface area contributed by atoms with E-state index in [4.69, 9.17) is 5.11 Å². The molecule has 106 valence electrons. The van der Waals surface area contributed by atoms with Crippen molar-refractivity contribution < 1.29 is 23.1 Å². The van der Waals surface area contributed by atoms with E-state index in [0.29, 0.717) is 10.8 Å². The SMILES string of the molecule is O=C(O)c1cnc(NCCC(F)(F)F)c2ccccc12. The summed E-state index contributed by atoms with van der Waals surface area (Å²) in [7, 11) is 0. The topological polar surface area (TPSA) is 62.2 Å². The Morgan fingerprint density at radius 2 is 1.90 bits per heavy atom. The summed E-state index contributed by atoms with van der Waals surface area (Å²) >= 11 is 0. The van der Waals surface area contributed by atoms with E-state index in [-0.39, 0.29) is 17.9 Å². The number of fused-ring (bicyclic) bond motifs is 1. The average molecular weight is 284 g/mol. The van der Waals surface area contributed by atoms with Crippen molar-refractivity contribution in [2.24, 2.45) is 0 Å². The van der Waals surface area contributed by atoms with Crippen LogP contribution in [-0.4, -0.2) is 28.8 Å². The Kier molecular flexibility index (Phi) is 3.78. The summed E-state index contributed by atoms with van der Waals surface area (Å²) in [5, 5.41) is 12.5. The molecule has 4 nitrogen and oxygen atoms in total. The quantitative estimate of drug-likeness (QED) is 0.904. The van der Waals surface area contributed by atoms with Crippen molar-refractivity contribution >= 4 is 22.6 Å². The van der Waals surface area contributed by atoms with E-state index >= 15 is 0 Å². The number of alkyl halides is 3. The first kappa shape index (κ1) is 14.1. The Labute approximate surface area is 112 Å². The Bertz CT molecular complexity index is 641. The number of carboxylic acids is 1. The van der Waals surface area contributed by atoms with Gasteiger partial charge >= 0.3 is 12.1 Å². The van der Waals surface area contributed by atoms with Crippen molar-refractivity contribution in [2.45, 2.75) is 12.6 Å². The van der Waals surface area contributed by atoms with Crippen LogP contribution in [0.2, 0.25) is 0 Å². The normalized spacial score (nSPS) is 11.6. The number of hydrogen-bond donors (Lipinski definition) is 2. The lowest BCUT2D eigenvalue weighted by molar-refractivity contribution is -0.131. The molecule has 0 aliphatic heterocycles. The summed E-state index contributed by atoms with van der Waals surface area (Å²) in [6.07, 6.45) is -4.09. The summed E-state index contributed by atoms with van der Waals surface area (Å²) in [6, 6.07) is 6.54. The second-order valence-electron chi connectivity index (χ2n) is 4.16.